The van der Waals surface area contributed by atoms with E-state index in [9.17, 15) is 13.2 Å². The van der Waals surface area contributed by atoms with Crippen LogP contribution in [0.4, 0.5) is 13.2 Å². The van der Waals surface area contributed by atoms with Gasteiger partial charge in [0.1, 0.15) is 5.75 Å². The fourth-order valence-electron chi connectivity index (χ4n) is 1.42. The maximum atomic E-state index is 12.2. The molecule has 0 aromatic heterocycles. The summed E-state index contributed by atoms with van der Waals surface area (Å²) in [5, 5.41) is 0. The van der Waals surface area contributed by atoms with E-state index in [1.54, 1.807) is 25.1 Å². The Hall–Kier alpha value is -1.49. The highest BCUT2D eigenvalue weighted by atomic mass is 19.4. The van der Waals surface area contributed by atoms with E-state index in [4.69, 9.17) is 5.73 Å². The molecule has 0 aliphatic rings. The van der Waals surface area contributed by atoms with Gasteiger partial charge < -0.3 is 10.5 Å². The molecule has 0 saturated carbocycles. The van der Waals surface area contributed by atoms with Crippen molar-refractivity contribution >= 4 is 5.57 Å². The Morgan fingerprint density at radius 3 is 2.59 bits per heavy atom. The molecule has 0 amide bonds. The number of rotatable bonds is 4. The van der Waals surface area contributed by atoms with E-state index in [2.05, 4.69) is 4.74 Å². The van der Waals surface area contributed by atoms with Crippen molar-refractivity contribution in [2.45, 2.75) is 19.7 Å². The van der Waals surface area contributed by atoms with E-state index in [-0.39, 0.29) is 5.75 Å². The average Bonchev–Trinajstić information content (AvgIpc) is 2.24. The van der Waals surface area contributed by atoms with Crippen molar-refractivity contribution in [3.63, 3.8) is 0 Å². The van der Waals surface area contributed by atoms with Gasteiger partial charge >= 0.3 is 6.36 Å². The smallest absolute Gasteiger partial charge is 0.405 e. The summed E-state index contributed by atoms with van der Waals surface area (Å²) in [7, 11) is 0. The van der Waals surface area contributed by atoms with Crippen molar-refractivity contribution in [1.29, 1.82) is 0 Å². The predicted octanol–water partition coefficient (Wildman–Crippen LogP) is 3.34. The molecule has 17 heavy (non-hydrogen) atoms. The first-order chi connectivity index (χ1) is 7.94. The maximum Gasteiger partial charge on any atom is 0.573 e. The van der Waals surface area contributed by atoms with Crippen molar-refractivity contribution in [3.8, 4) is 5.75 Å². The molecule has 0 aliphatic carbocycles. The third-order valence-electron chi connectivity index (χ3n) is 2.15. The van der Waals surface area contributed by atoms with Crippen LogP contribution in [-0.2, 0) is 0 Å². The molecular formula is C12H14F3NO. The molecule has 0 aliphatic heterocycles. The Balaban J connectivity index is 2.99. The lowest BCUT2D eigenvalue weighted by molar-refractivity contribution is -0.274. The van der Waals surface area contributed by atoms with Gasteiger partial charge in [0.15, 0.2) is 0 Å². The summed E-state index contributed by atoms with van der Waals surface area (Å²) in [6.45, 7) is 2.19. The topological polar surface area (TPSA) is 35.2 Å². The first kappa shape index (κ1) is 13.6. The molecule has 5 heteroatoms. The second-order valence-corrected chi connectivity index (χ2v) is 3.51. The lowest BCUT2D eigenvalue weighted by Crippen LogP contribution is -2.17. The minimum absolute atomic E-state index is 0.189. The number of nitrogens with two attached hydrogens (primary N) is 1. The zero-order valence-electron chi connectivity index (χ0n) is 9.42. The summed E-state index contributed by atoms with van der Waals surface area (Å²) >= 11 is 0. The monoisotopic (exact) mass is 245 g/mol. The van der Waals surface area contributed by atoms with Gasteiger partial charge in [-0.2, -0.15) is 0 Å². The molecule has 0 bridgehead atoms. The van der Waals surface area contributed by atoms with Gasteiger partial charge in [-0.1, -0.05) is 24.3 Å². The Morgan fingerprint density at radius 2 is 2.00 bits per heavy atom. The molecule has 0 fully saturated rings. The number of allylic oxidation sites excluding steroid dienone is 1. The van der Waals surface area contributed by atoms with Crippen LogP contribution in [0.1, 0.15) is 18.9 Å². The van der Waals surface area contributed by atoms with Crippen LogP contribution in [-0.4, -0.2) is 12.9 Å². The second-order valence-electron chi connectivity index (χ2n) is 3.51. The summed E-state index contributed by atoms with van der Waals surface area (Å²) < 4.78 is 40.5. The van der Waals surface area contributed by atoms with Crippen LogP contribution >= 0.6 is 0 Å². The van der Waals surface area contributed by atoms with Gasteiger partial charge in [0.05, 0.1) is 0 Å². The van der Waals surface area contributed by atoms with E-state index < -0.39 is 6.36 Å². The third kappa shape index (κ3) is 4.48. The fraction of sp³-hybridized carbons (Fsp3) is 0.333. The highest BCUT2D eigenvalue weighted by molar-refractivity contribution is 5.68. The van der Waals surface area contributed by atoms with E-state index in [1.165, 1.54) is 12.1 Å². The molecule has 0 heterocycles. The number of para-hydroxylation sites is 1. The van der Waals surface area contributed by atoms with Gasteiger partial charge in [-0.15, -0.1) is 13.2 Å². The van der Waals surface area contributed by atoms with Crippen molar-refractivity contribution < 1.29 is 17.9 Å². The zero-order chi connectivity index (χ0) is 12.9. The first-order valence-corrected chi connectivity index (χ1v) is 5.16. The molecule has 2 N–H and O–H groups in total. The van der Waals surface area contributed by atoms with Crippen LogP contribution in [0.3, 0.4) is 0 Å². The molecule has 0 spiro atoms. The molecule has 1 rings (SSSR count). The number of benzene rings is 1. The van der Waals surface area contributed by atoms with E-state index >= 15 is 0 Å². The molecule has 0 atom stereocenters. The standard InChI is InChI=1S/C12H14F3NO/c1-9(5-4-8-16)10-6-2-3-7-11(10)17-12(13,14)15/h2-3,5-7H,4,8,16H2,1H3. The SMILES string of the molecule is CC(=CCCN)c1ccccc1OC(F)(F)F. The van der Waals surface area contributed by atoms with Crippen LogP contribution < -0.4 is 10.5 Å². The highest BCUT2D eigenvalue weighted by Crippen LogP contribution is 2.30. The highest BCUT2D eigenvalue weighted by Gasteiger charge is 2.32. The van der Waals surface area contributed by atoms with Crippen molar-refractivity contribution in [3.05, 3.63) is 35.9 Å². The minimum atomic E-state index is -4.68. The molecule has 0 radical (unpaired) electrons. The fourth-order valence-corrected chi connectivity index (χ4v) is 1.42. The number of halogens is 3. The molecular weight excluding hydrogens is 231 g/mol. The normalized spacial score (nSPS) is 12.6. The zero-order valence-corrected chi connectivity index (χ0v) is 9.42. The summed E-state index contributed by atoms with van der Waals surface area (Å²) in [5.41, 5.74) is 6.49. The van der Waals surface area contributed by atoms with E-state index in [0.29, 0.717) is 18.5 Å². The first-order valence-electron chi connectivity index (χ1n) is 5.16. The predicted molar refractivity (Wildman–Crippen MR) is 60.4 cm³/mol. The number of hydrogen-bond acceptors (Lipinski definition) is 2. The molecule has 1 aromatic rings. The molecule has 2 nitrogen and oxygen atoms in total. The summed E-state index contributed by atoms with van der Waals surface area (Å²) in [4.78, 5) is 0. The molecule has 94 valence electrons. The lowest BCUT2D eigenvalue weighted by Gasteiger charge is -2.13. The number of hydrogen-bond donors (Lipinski definition) is 1. The van der Waals surface area contributed by atoms with Gasteiger partial charge in [0.25, 0.3) is 0 Å². The summed E-state index contributed by atoms with van der Waals surface area (Å²) in [6, 6.07) is 6.05. The maximum absolute atomic E-state index is 12.2. The minimum Gasteiger partial charge on any atom is -0.405 e. The molecule has 1 aromatic carbocycles. The van der Waals surface area contributed by atoms with E-state index in [1.807, 2.05) is 0 Å². The van der Waals surface area contributed by atoms with Crippen molar-refractivity contribution in [2.75, 3.05) is 6.54 Å². The van der Waals surface area contributed by atoms with Crippen LogP contribution in [0.2, 0.25) is 0 Å². The van der Waals surface area contributed by atoms with Gasteiger partial charge in [-0.05, 0) is 31.5 Å². The number of alkyl halides is 3. The van der Waals surface area contributed by atoms with Crippen LogP contribution in [0, 0.1) is 0 Å². The van der Waals surface area contributed by atoms with Crippen LogP contribution in [0.25, 0.3) is 5.57 Å². The summed E-state index contributed by atoms with van der Waals surface area (Å²) in [6.07, 6.45) is -2.27. The average molecular weight is 245 g/mol. The Morgan fingerprint density at radius 1 is 1.35 bits per heavy atom. The van der Waals surface area contributed by atoms with Gasteiger partial charge in [-0.3, -0.25) is 0 Å². The van der Waals surface area contributed by atoms with Gasteiger partial charge in [0, 0.05) is 5.56 Å². The molecule has 0 saturated heterocycles. The van der Waals surface area contributed by atoms with Crippen LogP contribution in [0.5, 0.6) is 5.75 Å². The summed E-state index contributed by atoms with van der Waals surface area (Å²) in [5.74, 6) is -0.189. The Bertz CT molecular complexity index is 399. The number of ether oxygens (including phenoxy) is 1. The quantitative estimate of drug-likeness (QED) is 0.883. The van der Waals surface area contributed by atoms with E-state index in [0.717, 1.165) is 5.57 Å². The third-order valence-corrected chi connectivity index (χ3v) is 2.15. The van der Waals surface area contributed by atoms with Crippen LogP contribution in [0.15, 0.2) is 30.3 Å². The molecule has 0 unspecified atom stereocenters. The van der Waals surface area contributed by atoms with Gasteiger partial charge in [0.2, 0.25) is 0 Å². The van der Waals surface area contributed by atoms with Crippen molar-refractivity contribution in [2.24, 2.45) is 5.73 Å². The second kappa shape index (κ2) is 5.72. The van der Waals surface area contributed by atoms with Crippen molar-refractivity contribution in [1.82, 2.24) is 0 Å². The lowest BCUT2D eigenvalue weighted by atomic mass is 10.1. The Labute approximate surface area is 97.9 Å². The van der Waals surface area contributed by atoms with Gasteiger partial charge in [-0.25, -0.2) is 0 Å². The largest absolute Gasteiger partial charge is 0.573 e. The Kier molecular flexibility index (Phi) is 4.57.